The van der Waals surface area contributed by atoms with Gasteiger partial charge in [-0.15, -0.1) is 0 Å². The first-order valence-corrected chi connectivity index (χ1v) is 8.70. The van der Waals surface area contributed by atoms with Crippen LogP contribution >= 0.6 is 11.6 Å². The zero-order valence-corrected chi connectivity index (χ0v) is 14.6. The summed E-state index contributed by atoms with van der Waals surface area (Å²) < 4.78 is 36.5. The monoisotopic (exact) mass is 365 g/mol. The average molecular weight is 366 g/mol. The molecular weight excluding hydrogens is 346 g/mol. The van der Waals surface area contributed by atoms with Gasteiger partial charge in [0.15, 0.2) is 0 Å². The van der Waals surface area contributed by atoms with Crippen LogP contribution in [0, 0.1) is 0 Å². The summed E-state index contributed by atoms with van der Waals surface area (Å²) >= 11 is 5.89. The minimum Gasteiger partial charge on any atom is -0.492 e. The van der Waals surface area contributed by atoms with Crippen LogP contribution in [0.3, 0.4) is 0 Å². The molecule has 0 radical (unpaired) electrons. The fourth-order valence-corrected chi connectivity index (χ4v) is 3.29. The number of methoxy groups -OCH3 is 1. The molecule has 1 aromatic carbocycles. The summed E-state index contributed by atoms with van der Waals surface area (Å²) in [5, 5.41) is 8.93. The van der Waals surface area contributed by atoms with Gasteiger partial charge >= 0.3 is 5.97 Å². The van der Waals surface area contributed by atoms with E-state index in [9.17, 15) is 13.2 Å². The van der Waals surface area contributed by atoms with Crippen LogP contribution in [-0.4, -0.2) is 57.7 Å². The number of aliphatic carboxylic acids is 1. The summed E-state index contributed by atoms with van der Waals surface area (Å²) in [4.78, 5) is 10.5. The van der Waals surface area contributed by atoms with E-state index < -0.39 is 16.0 Å². The molecule has 0 fully saturated rings. The molecule has 0 aliphatic carbocycles. The van der Waals surface area contributed by atoms with E-state index in [1.807, 2.05) is 0 Å². The number of hydrogen-bond donors (Lipinski definition) is 1. The maximum atomic E-state index is 12.6. The predicted molar refractivity (Wildman–Crippen MR) is 85.5 cm³/mol. The number of carbonyl (C=O) groups is 1. The molecule has 0 atom stereocenters. The minimum absolute atomic E-state index is 0.0877. The van der Waals surface area contributed by atoms with Crippen molar-refractivity contribution in [1.82, 2.24) is 4.31 Å². The first-order chi connectivity index (χ1) is 10.8. The zero-order chi connectivity index (χ0) is 17.5. The van der Waals surface area contributed by atoms with Gasteiger partial charge in [0.2, 0.25) is 10.0 Å². The van der Waals surface area contributed by atoms with E-state index in [0.717, 1.165) is 4.31 Å². The second-order valence-electron chi connectivity index (χ2n) is 4.76. The molecule has 1 aromatic rings. The Morgan fingerprint density at radius 3 is 2.65 bits per heavy atom. The Morgan fingerprint density at radius 2 is 2.04 bits per heavy atom. The van der Waals surface area contributed by atoms with Gasteiger partial charge in [0.25, 0.3) is 0 Å². The number of carboxylic acids is 1. The molecule has 0 aliphatic heterocycles. The topological polar surface area (TPSA) is 93.1 Å². The first kappa shape index (κ1) is 19.7. The number of sulfonamides is 1. The minimum atomic E-state index is -3.90. The van der Waals surface area contributed by atoms with E-state index in [2.05, 4.69) is 0 Å². The highest BCUT2D eigenvalue weighted by atomic mass is 35.5. The number of carboxylic acid groups (broad SMARTS) is 1. The van der Waals surface area contributed by atoms with Gasteiger partial charge in [-0.2, -0.15) is 0 Å². The third-order valence-corrected chi connectivity index (χ3v) is 5.10. The summed E-state index contributed by atoms with van der Waals surface area (Å²) in [6.07, 6.45) is 0.313. The van der Waals surface area contributed by atoms with Crippen molar-refractivity contribution in [2.45, 2.75) is 17.7 Å². The molecule has 0 spiro atoms. The Hall–Kier alpha value is -1.35. The maximum Gasteiger partial charge on any atom is 0.304 e. The number of rotatable bonds is 10. The Bertz CT molecular complexity index is 634. The Labute approximate surface area is 140 Å². The van der Waals surface area contributed by atoms with Crippen LogP contribution in [-0.2, 0) is 19.6 Å². The molecular formula is C14H20ClNO6S. The van der Waals surface area contributed by atoms with Crippen LogP contribution in [0.25, 0.3) is 0 Å². The predicted octanol–water partition coefficient (Wildman–Crippen LogP) is 1.85. The lowest BCUT2D eigenvalue weighted by atomic mass is 10.3. The molecule has 0 amide bonds. The molecule has 0 aromatic heterocycles. The van der Waals surface area contributed by atoms with Crippen LogP contribution < -0.4 is 4.74 Å². The summed E-state index contributed by atoms with van der Waals surface area (Å²) in [6, 6.07) is 4.30. The average Bonchev–Trinajstić information content (AvgIpc) is 2.50. The Kier molecular flexibility index (Phi) is 7.77. The number of nitrogens with zero attached hydrogens (tertiary/aromatic N) is 1. The highest BCUT2D eigenvalue weighted by molar-refractivity contribution is 7.89. The molecule has 7 nitrogen and oxygen atoms in total. The van der Waals surface area contributed by atoms with Gasteiger partial charge in [0.1, 0.15) is 10.6 Å². The lowest BCUT2D eigenvalue weighted by molar-refractivity contribution is -0.137. The molecule has 0 heterocycles. The van der Waals surface area contributed by atoms with E-state index in [-0.39, 0.29) is 35.2 Å². The van der Waals surface area contributed by atoms with Crippen LogP contribution in [0.1, 0.15) is 12.8 Å². The second-order valence-corrected chi connectivity index (χ2v) is 7.21. The van der Waals surface area contributed by atoms with Gasteiger partial charge in [-0.05, 0) is 18.2 Å². The van der Waals surface area contributed by atoms with Crippen molar-refractivity contribution in [2.24, 2.45) is 0 Å². The number of benzene rings is 1. The van der Waals surface area contributed by atoms with Crippen molar-refractivity contribution >= 4 is 27.6 Å². The molecule has 0 aliphatic rings. The van der Waals surface area contributed by atoms with E-state index in [1.165, 1.54) is 25.2 Å². The normalized spacial score (nSPS) is 11.7. The van der Waals surface area contributed by atoms with Crippen molar-refractivity contribution < 1.29 is 27.8 Å². The molecule has 0 unspecified atom stereocenters. The smallest absolute Gasteiger partial charge is 0.304 e. The van der Waals surface area contributed by atoms with Crippen LogP contribution in [0.2, 0.25) is 5.02 Å². The molecule has 23 heavy (non-hydrogen) atoms. The fourth-order valence-electron chi connectivity index (χ4n) is 1.73. The zero-order valence-electron chi connectivity index (χ0n) is 13.0. The SMILES string of the molecule is COCCCOc1ccc(Cl)cc1S(=O)(=O)N(C)CCC(=O)O. The fraction of sp³-hybridized carbons (Fsp3) is 0.500. The summed E-state index contributed by atoms with van der Waals surface area (Å²) in [5.74, 6) is -0.901. The Morgan fingerprint density at radius 1 is 1.35 bits per heavy atom. The van der Waals surface area contributed by atoms with Crippen LogP contribution in [0.4, 0.5) is 0 Å². The Balaban J connectivity index is 2.98. The number of ether oxygens (including phenoxy) is 2. The van der Waals surface area contributed by atoms with Gasteiger partial charge in [0, 0.05) is 38.8 Å². The number of halogens is 1. The van der Waals surface area contributed by atoms with Crippen LogP contribution in [0.5, 0.6) is 5.75 Å². The molecule has 0 saturated carbocycles. The van der Waals surface area contributed by atoms with Gasteiger partial charge in [-0.3, -0.25) is 4.79 Å². The largest absolute Gasteiger partial charge is 0.492 e. The van der Waals surface area contributed by atoms with Crippen molar-refractivity contribution in [3.8, 4) is 5.75 Å². The summed E-state index contributed by atoms with van der Waals surface area (Å²) in [7, 11) is -1.02. The van der Waals surface area contributed by atoms with E-state index >= 15 is 0 Å². The van der Waals surface area contributed by atoms with E-state index in [0.29, 0.717) is 13.0 Å². The number of hydrogen-bond acceptors (Lipinski definition) is 5. The van der Waals surface area contributed by atoms with E-state index in [1.54, 1.807) is 7.11 Å². The summed E-state index contributed by atoms with van der Waals surface area (Å²) in [6.45, 7) is 0.637. The van der Waals surface area contributed by atoms with Gasteiger partial charge in [-0.1, -0.05) is 11.6 Å². The quantitative estimate of drug-likeness (QED) is 0.636. The highest BCUT2D eigenvalue weighted by Gasteiger charge is 2.25. The second kappa shape index (κ2) is 9.07. The lowest BCUT2D eigenvalue weighted by Crippen LogP contribution is -2.29. The third kappa shape index (κ3) is 5.98. The van der Waals surface area contributed by atoms with Gasteiger partial charge in [0.05, 0.1) is 13.0 Å². The standard InChI is InChI=1S/C14H20ClNO6S/c1-16(7-6-14(17)18)23(19,20)13-10-11(15)4-5-12(13)22-9-3-8-21-2/h4-5,10H,3,6-9H2,1-2H3,(H,17,18). The maximum absolute atomic E-state index is 12.6. The van der Waals surface area contributed by atoms with Crippen molar-refractivity contribution in [3.63, 3.8) is 0 Å². The van der Waals surface area contributed by atoms with E-state index in [4.69, 9.17) is 26.2 Å². The molecule has 9 heteroatoms. The van der Waals surface area contributed by atoms with Gasteiger partial charge < -0.3 is 14.6 Å². The molecule has 0 bridgehead atoms. The first-order valence-electron chi connectivity index (χ1n) is 6.88. The lowest BCUT2D eigenvalue weighted by Gasteiger charge is -2.19. The molecule has 130 valence electrons. The van der Waals surface area contributed by atoms with Gasteiger partial charge in [-0.25, -0.2) is 12.7 Å². The molecule has 0 saturated heterocycles. The molecule has 1 N–H and O–H groups in total. The molecule has 1 rings (SSSR count). The third-order valence-electron chi connectivity index (χ3n) is 2.98. The van der Waals surface area contributed by atoms with Crippen molar-refractivity contribution in [1.29, 1.82) is 0 Å². The summed E-state index contributed by atoms with van der Waals surface area (Å²) in [5.41, 5.74) is 0. The van der Waals surface area contributed by atoms with Crippen molar-refractivity contribution in [3.05, 3.63) is 23.2 Å². The van der Waals surface area contributed by atoms with Crippen LogP contribution in [0.15, 0.2) is 23.1 Å². The highest BCUT2D eigenvalue weighted by Crippen LogP contribution is 2.29. The van der Waals surface area contributed by atoms with Crippen molar-refractivity contribution in [2.75, 3.05) is 33.9 Å².